The van der Waals surface area contributed by atoms with Gasteiger partial charge < -0.3 is 15.0 Å². The Hall–Kier alpha value is -3.33. The Balaban J connectivity index is 1.72. The molecule has 2 N–H and O–H groups in total. The van der Waals surface area contributed by atoms with Gasteiger partial charge in [-0.15, -0.1) is 0 Å². The van der Waals surface area contributed by atoms with Crippen LogP contribution in [-0.2, 0) is 10.2 Å². The van der Waals surface area contributed by atoms with E-state index >= 15 is 0 Å². The van der Waals surface area contributed by atoms with Crippen molar-refractivity contribution in [3.8, 4) is 0 Å². The van der Waals surface area contributed by atoms with Crippen LogP contribution in [0, 0.1) is 15.9 Å². The lowest BCUT2D eigenvalue weighted by Gasteiger charge is -2.38. The predicted octanol–water partition coefficient (Wildman–Crippen LogP) is 3.13. The van der Waals surface area contributed by atoms with Crippen LogP contribution in [0.2, 0.25) is 0 Å². The molecule has 0 bridgehead atoms. The summed E-state index contributed by atoms with van der Waals surface area (Å²) in [5.74, 6) is -0.325. The van der Waals surface area contributed by atoms with E-state index < -0.39 is 15.9 Å². The van der Waals surface area contributed by atoms with E-state index in [1.165, 1.54) is 30.6 Å². The monoisotopic (exact) mass is 398 g/mol. The quantitative estimate of drug-likeness (QED) is 0.505. The molecular weight excluding hydrogens is 379 g/mol. The average Bonchev–Trinajstić information content (AvgIpc) is 2.72. The fourth-order valence-electron chi connectivity index (χ4n) is 3.81. The van der Waals surface area contributed by atoms with E-state index in [4.69, 9.17) is 4.74 Å². The average molecular weight is 398 g/mol. The second-order valence-corrected chi connectivity index (χ2v) is 7.13. The number of fused-ring (bicyclic) bond motifs is 1. The first-order valence-electron chi connectivity index (χ1n) is 9.22. The highest BCUT2D eigenvalue weighted by molar-refractivity contribution is 5.86. The van der Waals surface area contributed by atoms with E-state index in [0.717, 1.165) is 5.56 Å². The number of nitrogens with one attached hydrogen (secondary N) is 2. The summed E-state index contributed by atoms with van der Waals surface area (Å²) in [6.07, 6.45) is 2.57. The molecule has 9 heteroatoms. The largest absolute Gasteiger partial charge is 0.381 e. The molecule has 8 nitrogen and oxygen atoms in total. The second-order valence-electron chi connectivity index (χ2n) is 7.13. The Kier molecular flexibility index (Phi) is 4.98. The van der Waals surface area contributed by atoms with Gasteiger partial charge in [-0.1, -0.05) is 12.1 Å². The van der Waals surface area contributed by atoms with Gasteiger partial charge in [-0.3, -0.25) is 14.9 Å². The molecule has 0 saturated carbocycles. The lowest BCUT2D eigenvalue weighted by molar-refractivity contribution is -0.383. The lowest BCUT2D eigenvalue weighted by Crippen LogP contribution is -2.40. The molecule has 3 aromatic rings. The molecule has 1 aliphatic rings. The van der Waals surface area contributed by atoms with E-state index in [9.17, 15) is 19.3 Å². The number of aromatic nitrogens is 2. The summed E-state index contributed by atoms with van der Waals surface area (Å²) < 4.78 is 19.3. The van der Waals surface area contributed by atoms with Crippen LogP contribution in [0.25, 0.3) is 10.9 Å². The maximum atomic E-state index is 13.9. The summed E-state index contributed by atoms with van der Waals surface area (Å²) in [4.78, 5) is 29.5. The number of hydrogen-bond acceptors (Lipinski definition) is 6. The minimum Gasteiger partial charge on any atom is -0.381 e. The third-order valence-corrected chi connectivity index (χ3v) is 5.46. The molecule has 0 amide bonds. The van der Waals surface area contributed by atoms with Crippen molar-refractivity contribution >= 4 is 22.3 Å². The number of rotatable bonds is 5. The molecule has 4 rings (SSSR count). The molecule has 0 radical (unpaired) electrons. The van der Waals surface area contributed by atoms with Crippen LogP contribution in [0.15, 0.2) is 47.5 Å². The number of anilines is 1. The Labute approximate surface area is 164 Å². The molecule has 29 heavy (non-hydrogen) atoms. The Morgan fingerprint density at radius 1 is 1.28 bits per heavy atom. The van der Waals surface area contributed by atoms with Crippen molar-refractivity contribution < 1.29 is 14.1 Å². The van der Waals surface area contributed by atoms with Crippen LogP contribution in [-0.4, -0.2) is 34.6 Å². The third-order valence-electron chi connectivity index (χ3n) is 5.46. The van der Waals surface area contributed by atoms with E-state index in [0.29, 0.717) is 38.1 Å². The summed E-state index contributed by atoms with van der Waals surface area (Å²) >= 11 is 0. The van der Waals surface area contributed by atoms with Crippen LogP contribution in [0.1, 0.15) is 18.4 Å². The normalized spacial score (nSPS) is 15.9. The highest BCUT2D eigenvalue weighted by Crippen LogP contribution is 2.37. The second kappa shape index (κ2) is 7.59. The van der Waals surface area contributed by atoms with E-state index in [2.05, 4.69) is 15.3 Å². The summed E-state index contributed by atoms with van der Waals surface area (Å²) in [6.45, 7) is 1.40. The molecule has 0 atom stereocenters. The van der Waals surface area contributed by atoms with Gasteiger partial charge in [0.15, 0.2) is 0 Å². The molecule has 2 heterocycles. The van der Waals surface area contributed by atoms with E-state index in [1.807, 2.05) is 6.07 Å². The van der Waals surface area contributed by atoms with Gasteiger partial charge in [-0.25, -0.2) is 9.37 Å². The van der Waals surface area contributed by atoms with Crippen molar-refractivity contribution in [3.05, 3.63) is 74.6 Å². The highest BCUT2D eigenvalue weighted by atomic mass is 19.1. The van der Waals surface area contributed by atoms with Crippen molar-refractivity contribution in [1.82, 2.24) is 9.97 Å². The molecule has 1 fully saturated rings. The van der Waals surface area contributed by atoms with Gasteiger partial charge in [-0.2, -0.15) is 0 Å². The van der Waals surface area contributed by atoms with Crippen LogP contribution < -0.4 is 10.9 Å². The van der Waals surface area contributed by atoms with Crippen molar-refractivity contribution in [2.45, 2.75) is 18.3 Å². The maximum absolute atomic E-state index is 13.9. The van der Waals surface area contributed by atoms with Crippen LogP contribution >= 0.6 is 0 Å². The molecule has 0 aliphatic carbocycles. The number of nitro groups is 1. The SMILES string of the molecule is O=c1[nH]cnc2cc(NCC3(c4cccc(F)c4)CCOCC3)c([N+](=O)[O-])cc12. The first kappa shape index (κ1) is 19.0. The molecule has 1 aromatic heterocycles. The minimum atomic E-state index is -0.535. The molecule has 1 saturated heterocycles. The minimum absolute atomic E-state index is 0.149. The van der Waals surface area contributed by atoms with E-state index in [-0.39, 0.29) is 22.6 Å². The van der Waals surface area contributed by atoms with Crippen LogP contribution in [0.4, 0.5) is 15.8 Å². The first-order chi connectivity index (χ1) is 14.0. The number of nitrogens with zero attached hydrogens (tertiary/aromatic N) is 2. The van der Waals surface area contributed by atoms with Gasteiger partial charge in [0, 0.05) is 31.2 Å². The van der Waals surface area contributed by atoms with Gasteiger partial charge >= 0.3 is 0 Å². The van der Waals surface area contributed by atoms with Crippen molar-refractivity contribution in [2.75, 3.05) is 25.1 Å². The molecule has 2 aromatic carbocycles. The molecule has 0 unspecified atom stereocenters. The van der Waals surface area contributed by atoms with Gasteiger partial charge in [0.25, 0.3) is 11.2 Å². The standard InChI is InChI=1S/C20H19FN4O4/c21-14-3-1-2-13(8-14)20(4-6-29-7-5-20)11-22-17-10-16-15(9-18(17)25(27)28)19(26)24-12-23-16/h1-3,8-10,12,22H,4-7,11H2,(H,23,24,26). The fraction of sp³-hybridized carbons (Fsp3) is 0.300. The molecule has 150 valence electrons. The summed E-state index contributed by atoms with van der Waals surface area (Å²) in [7, 11) is 0. The number of aromatic amines is 1. The van der Waals surface area contributed by atoms with Gasteiger partial charge in [0.05, 0.1) is 22.2 Å². The van der Waals surface area contributed by atoms with Crippen molar-refractivity contribution in [2.24, 2.45) is 0 Å². The van der Waals surface area contributed by atoms with E-state index in [1.54, 1.807) is 6.07 Å². The topological polar surface area (TPSA) is 110 Å². The number of ether oxygens (including phenoxy) is 1. The fourth-order valence-corrected chi connectivity index (χ4v) is 3.81. The predicted molar refractivity (Wildman–Crippen MR) is 106 cm³/mol. The third kappa shape index (κ3) is 3.68. The van der Waals surface area contributed by atoms with Gasteiger partial charge in [0.2, 0.25) is 0 Å². The van der Waals surface area contributed by atoms with Crippen LogP contribution in [0.3, 0.4) is 0 Å². The first-order valence-corrected chi connectivity index (χ1v) is 9.22. The van der Waals surface area contributed by atoms with Gasteiger partial charge in [-0.05, 0) is 36.6 Å². The number of hydrogen-bond donors (Lipinski definition) is 2. The zero-order valence-corrected chi connectivity index (χ0v) is 15.5. The van der Waals surface area contributed by atoms with Crippen molar-refractivity contribution in [1.29, 1.82) is 0 Å². The van der Waals surface area contributed by atoms with Gasteiger partial charge in [0.1, 0.15) is 11.5 Å². The van der Waals surface area contributed by atoms with Crippen LogP contribution in [0.5, 0.6) is 0 Å². The zero-order valence-electron chi connectivity index (χ0n) is 15.5. The molecular formula is C20H19FN4O4. The number of benzene rings is 2. The maximum Gasteiger partial charge on any atom is 0.293 e. The number of H-pyrrole nitrogens is 1. The summed E-state index contributed by atoms with van der Waals surface area (Å²) in [6, 6.07) is 9.15. The summed E-state index contributed by atoms with van der Waals surface area (Å²) in [5.41, 5.74) is 0.371. The smallest absolute Gasteiger partial charge is 0.293 e. The number of halogens is 1. The Morgan fingerprint density at radius 2 is 2.07 bits per heavy atom. The summed E-state index contributed by atoms with van der Waals surface area (Å²) in [5, 5.41) is 14.9. The molecule has 1 aliphatic heterocycles. The van der Waals surface area contributed by atoms with Crippen molar-refractivity contribution in [3.63, 3.8) is 0 Å². The highest BCUT2D eigenvalue weighted by Gasteiger charge is 2.35. The Morgan fingerprint density at radius 3 is 2.79 bits per heavy atom. The Bertz CT molecular complexity index is 1120. The molecule has 0 spiro atoms. The number of nitro benzene ring substituents is 1. The lowest BCUT2D eigenvalue weighted by atomic mass is 9.74. The zero-order chi connectivity index (χ0) is 20.4.